The number of carbonyl (C=O) groups is 1. The lowest BCUT2D eigenvalue weighted by Gasteiger charge is -2.13. The second kappa shape index (κ2) is 7.32. The van der Waals surface area contributed by atoms with Crippen LogP contribution < -0.4 is 10.1 Å². The number of anilines is 1. The van der Waals surface area contributed by atoms with Crippen LogP contribution in [0.1, 0.15) is 42.0 Å². The fourth-order valence-corrected chi connectivity index (χ4v) is 2.78. The Morgan fingerprint density at radius 2 is 1.70 bits per heavy atom. The lowest BCUT2D eigenvalue weighted by Crippen LogP contribution is -2.20. The van der Waals surface area contributed by atoms with Crippen molar-refractivity contribution in [3.8, 4) is 5.75 Å². The highest BCUT2D eigenvalue weighted by atomic mass is 16.5. The Hall–Kier alpha value is -2.29. The van der Waals surface area contributed by atoms with Gasteiger partial charge in [-0.1, -0.05) is 26.0 Å². The molecule has 0 spiro atoms. The van der Waals surface area contributed by atoms with E-state index in [0.717, 1.165) is 22.6 Å². The summed E-state index contributed by atoms with van der Waals surface area (Å²) in [6.45, 7) is 10.4. The van der Waals surface area contributed by atoms with Crippen molar-refractivity contribution in [1.29, 1.82) is 0 Å². The number of amides is 1. The van der Waals surface area contributed by atoms with Crippen molar-refractivity contribution in [2.45, 2.75) is 40.5 Å². The quantitative estimate of drug-likeness (QED) is 0.865. The summed E-state index contributed by atoms with van der Waals surface area (Å²) in [5.41, 5.74) is 5.55. The van der Waals surface area contributed by atoms with Crippen molar-refractivity contribution >= 4 is 11.6 Å². The van der Waals surface area contributed by atoms with Gasteiger partial charge in [0.2, 0.25) is 0 Å². The summed E-state index contributed by atoms with van der Waals surface area (Å²) in [6.07, 6.45) is 0. The van der Waals surface area contributed by atoms with Crippen LogP contribution in [0.4, 0.5) is 5.69 Å². The van der Waals surface area contributed by atoms with Crippen LogP contribution in [0.15, 0.2) is 36.4 Å². The van der Waals surface area contributed by atoms with E-state index in [0.29, 0.717) is 5.92 Å². The zero-order valence-corrected chi connectivity index (χ0v) is 14.6. The highest BCUT2D eigenvalue weighted by Gasteiger charge is 2.07. The minimum Gasteiger partial charge on any atom is -0.484 e. The predicted molar refractivity (Wildman–Crippen MR) is 95.3 cm³/mol. The lowest BCUT2D eigenvalue weighted by atomic mass is 9.98. The minimum atomic E-state index is -0.152. The van der Waals surface area contributed by atoms with Crippen LogP contribution in [0.25, 0.3) is 0 Å². The number of ether oxygens (including phenoxy) is 1. The van der Waals surface area contributed by atoms with E-state index in [-0.39, 0.29) is 12.5 Å². The first kappa shape index (κ1) is 17.1. The average Bonchev–Trinajstić information content (AvgIpc) is 2.43. The lowest BCUT2D eigenvalue weighted by molar-refractivity contribution is -0.118. The molecule has 0 aliphatic heterocycles. The van der Waals surface area contributed by atoms with E-state index in [9.17, 15) is 4.79 Å². The Kier molecular flexibility index (Phi) is 5.43. The first-order valence-electron chi connectivity index (χ1n) is 7.96. The van der Waals surface area contributed by atoms with Crippen molar-refractivity contribution in [2.24, 2.45) is 0 Å². The van der Waals surface area contributed by atoms with Crippen LogP contribution in [0, 0.1) is 20.8 Å². The van der Waals surface area contributed by atoms with Crippen molar-refractivity contribution < 1.29 is 9.53 Å². The Morgan fingerprint density at radius 1 is 1.04 bits per heavy atom. The summed E-state index contributed by atoms with van der Waals surface area (Å²) >= 11 is 0. The number of aryl methyl sites for hydroxylation is 3. The highest BCUT2D eigenvalue weighted by Crippen LogP contribution is 2.23. The molecule has 122 valence electrons. The molecule has 3 nitrogen and oxygen atoms in total. The largest absolute Gasteiger partial charge is 0.484 e. The summed E-state index contributed by atoms with van der Waals surface area (Å²) < 4.78 is 5.60. The van der Waals surface area contributed by atoms with Gasteiger partial charge in [0.25, 0.3) is 5.91 Å². The molecule has 2 rings (SSSR count). The van der Waals surface area contributed by atoms with Gasteiger partial charge in [-0.2, -0.15) is 0 Å². The molecule has 23 heavy (non-hydrogen) atoms. The Morgan fingerprint density at radius 3 is 2.26 bits per heavy atom. The fraction of sp³-hybridized carbons (Fsp3) is 0.350. The molecule has 0 radical (unpaired) electrons. The molecule has 0 aromatic heterocycles. The maximum Gasteiger partial charge on any atom is 0.262 e. The van der Waals surface area contributed by atoms with Crippen LogP contribution in [0.2, 0.25) is 0 Å². The predicted octanol–water partition coefficient (Wildman–Crippen LogP) is 4.75. The third-order valence-corrected chi connectivity index (χ3v) is 3.74. The van der Waals surface area contributed by atoms with Crippen LogP contribution in [0.3, 0.4) is 0 Å². The van der Waals surface area contributed by atoms with E-state index in [1.807, 2.05) is 38.1 Å². The van der Waals surface area contributed by atoms with Crippen LogP contribution in [0.5, 0.6) is 5.75 Å². The molecule has 2 aromatic rings. The molecule has 0 bridgehead atoms. The van der Waals surface area contributed by atoms with E-state index in [1.54, 1.807) is 0 Å². The molecule has 0 fully saturated rings. The fourth-order valence-electron chi connectivity index (χ4n) is 2.78. The molecule has 0 unspecified atom stereocenters. The zero-order chi connectivity index (χ0) is 17.0. The molecule has 1 N–H and O–H groups in total. The van der Waals surface area contributed by atoms with Crippen molar-refractivity contribution in [3.63, 3.8) is 0 Å². The summed E-state index contributed by atoms with van der Waals surface area (Å²) in [6, 6.07) is 12.0. The monoisotopic (exact) mass is 311 g/mol. The minimum absolute atomic E-state index is 0.00740. The second-order valence-electron chi connectivity index (χ2n) is 6.39. The second-order valence-corrected chi connectivity index (χ2v) is 6.39. The van der Waals surface area contributed by atoms with E-state index in [4.69, 9.17) is 4.74 Å². The van der Waals surface area contributed by atoms with Crippen molar-refractivity contribution in [2.75, 3.05) is 11.9 Å². The SMILES string of the molecule is Cc1cc(C)cc(NC(=O)COc2ccc(C(C)C)c(C)c2)c1. The summed E-state index contributed by atoms with van der Waals surface area (Å²) in [4.78, 5) is 12.0. The molecule has 0 saturated heterocycles. The standard InChI is InChI=1S/C20H25NO2/c1-13(2)19-7-6-18(11-16(19)5)23-12-20(22)21-17-9-14(3)8-15(4)10-17/h6-11,13H,12H2,1-5H3,(H,21,22). The van der Waals surface area contributed by atoms with Crippen molar-refractivity contribution in [3.05, 3.63) is 58.7 Å². The molecule has 3 heteroatoms. The van der Waals surface area contributed by atoms with Gasteiger partial charge >= 0.3 is 0 Å². The number of hydrogen-bond acceptors (Lipinski definition) is 2. The number of benzene rings is 2. The summed E-state index contributed by atoms with van der Waals surface area (Å²) in [7, 11) is 0. The molecule has 0 aliphatic carbocycles. The van der Waals surface area contributed by atoms with Gasteiger partial charge in [0.1, 0.15) is 5.75 Å². The van der Waals surface area contributed by atoms with Crippen LogP contribution in [-0.4, -0.2) is 12.5 Å². The van der Waals surface area contributed by atoms with Gasteiger partial charge in [0.15, 0.2) is 6.61 Å². The number of carbonyl (C=O) groups excluding carboxylic acids is 1. The first-order valence-corrected chi connectivity index (χ1v) is 7.96. The first-order chi connectivity index (χ1) is 10.8. The summed E-state index contributed by atoms with van der Waals surface area (Å²) in [5.74, 6) is 1.06. The normalized spacial score (nSPS) is 10.7. The molecular formula is C20H25NO2. The maximum absolute atomic E-state index is 12.0. The van der Waals surface area contributed by atoms with Gasteiger partial charge in [-0.25, -0.2) is 0 Å². The summed E-state index contributed by atoms with van der Waals surface area (Å²) in [5, 5.41) is 2.87. The van der Waals surface area contributed by atoms with Gasteiger partial charge < -0.3 is 10.1 Å². The molecule has 0 aliphatic rings. The molecular weight excluding hydrogens is 286 g/mol. The van der Waals surface area contributed by atoms with E-state index < -0.39 is 0 Å². The van der Waals surface area contributed by atoms with Gasteiger partial charge in [0.05, 0.1) is 0 Å². The number of hydrogen-bond donors (Lipinski definition) is 1. The molecule has 0 heterocycles. The van der Waals surface area contributed by atoms with Gasteiger partial charge in [-0.05, 0) is 73.2 Å². The van der Waals surface area contributed by atoms with E-state index in [2.05, 4.69) is 38.2 Å². The Balaban J connectivity index is 1.95. The number of nitrogens with one attached hydrogen (secondary N) is 1. The average molecular weight is 311 g/mol. The maximum atomic E-state index is 12.0. The molecule has 2 aromatic carbocycles. The molecule has 1 amide bonds. The third-order valence-electron chi connectivity index (χ3n) is 3.74. The third kappa shape index (κ3) is 4.85. The molecule has 0 saturated carbocycles. The van der Waals surface area contributed by atoms with Gasteiger partial charge in [-0.3, -0.25) is 4.79 Å². The smallest absolute Gasteiger partial charge is 0.262 e. The van der Waals surface area contributed by atoms with Gasteiger partial charge in [0, 0.05) is 5.69 Å². The molecule has 0 atom stereocenters. The van der Waals surface area contributed by atoms with E-state index >= 15 is 0 Å². The highest BCUT2D eigenvalue weighted by molar-refractivity contribution is 5.92. The topological polar surface area (TPSA) is 38.3 Å². The van der Waals surface area contributed by atoms with Gasteiger partial charge in [-0.15, -0.1) is 0 Å². The van der Waals surface area contributed by atoms with Crippen LogP contribution in [-0.2, 0) is 4.79 Å². The van der Waals surface area contributed by atoms with Crippen molar-refractivity contribution in [1.82, 2.24) is 0 Å². The Labute approximate surface area is 138 Å². The van der Waals surface area contributed by atoms with E-state index in [1.165, 1.54) is 11.1 Å². The zero-order valence-electron chi connectivity index (χ0n) is 14.6. The van der Waals surface area contributed by atoms with Crippen LogP contribution >= 0.6 is 0 Å². The number of rotatable bonds is 5. The Bertz CT molecular complexity index is 685.